The van der Waals surface area contributed by atoms with Crippen molar-refractivity contribution in [2.24, 2.45) is 0 Å². The van der Waals surface area contributed by atoms with Crippen LogP contribution in [0.15, 0.2) is 29.2 Å². The van der Waals surface area contributed by atoms with Crippen molar-refractivity contribution in [3.05, 3.63) is 29.8 Å². The van der Waals surface area contributed by atoms with Crippen LogP contribution < -0.4 is 0 Å². The molecule has 2 heterocycles. The summed E-state index contributed by atoms with van der Waals surface area (Å²) >= 11 is 1.77. The van der Waals surface area contributed by atoms with Crippen LogP contribution in [-0.2, 0) is 9.59 Å². The first-order chi connectivity index (χ1) is 10.2. The Hall–Kier alpha value is -1.49. The van der Waals surface area contributed by atoms with Crippen molar-refractivity contribution in [3.63, 3.8) is 0 Å². The van der Waals surface area contributed by atoms with Crippen LogP contribution in [0.3, 0.4) is 0 Å². The molecule has 0 aromatic heterocycles. The van der Waals surface area contributed by atoms with E-state index < -0.39 is 0 Å². The smallest absolute Gasteiger partial charge is 0.231 e. The molecule has 2 aliphatic rings. The van der Waals surface area contributed by atoms with Crippen molar-refractivity contribution < 1.29 is 9.59 Å². The predicted molar refractivity (Wildman–Crippen MR) is 83.4 cm³/mol. The van der Waals surface area contributed by atoms with Gasteiger partial charge in [-0.3, -0.25) is 9.59 Å². The number of carbonyl (C=O) groups excluding carboxylic acids is 2. The lowest BCUT2D eigenvalue weighted by Crippen LogP contribution is -2.39. The lowest BCUT2D eigenvalue weighted by atomic mass is 10.00. The van der Waals surface area contributed by atoms with Crippen LogP contribution in [0.1, 0.15) is 24.8 Å². The Kier molecular flexibility index (Phi) is 4.19. The van der Waals surface area contributed by atoms with E-state index in [1.807, 2.05) is 21.9 Å². The Morgan fingerprint density at radius 1 is 1.10 bits per heavy atom. The highest BCUT2D eigenvalue weighted by Crippen LogP contribution is 2.40. The van der Waals surface area contributed by atoms with Gasteiger partial charge in [0.2, 0.25) is 11.8 Å². The molecule has 1 aromatic rings. The largest absolute Gasteiger partial charge is 0.341 e. The van der Waals surface area contributed by atoms with Gasteiger partial charge < -0.3 is 9.80 Å². The van der Waals surface area contributed by atoms with E-state index in [0.717, 1.165) is 25.3 Å². The molecule has 1 saturated heterocycles. The molecule has 0 radical (unpaired) electrons. The van der Waals surface area contributed by atoms with Gasteiger partial charge in [0.1, 0.15) is 0 Å². The molecular formula is C16H20N2O2S. The average Bonchev–Trinajstić information content (AvgIpc) is 2.75. The lowest BCUT2D eigenvalue weighted by molar-refractivity contribution is -0.133. The summed E-state index contributed by atoms with van der Waals surface area (Å²) in [5.74, 6) is 1.14. The molecule has 0 unspecified atom stereocenters. The molecule has 1 aromatic carbocycles. The fourth-order valence-electron chi connectivity index (χ4n) is 3.04. The minimum Gasteiger partial charge on any atom is -0.341 e. The van der Waals surface area contributed by atoms with Gasteiger partial charge >= 0.3 is 0 Å². The van der Waals surface area contributed by atoms with Gasteiger partial charge in [-0.1, -0.05) is 18.2 Å². The highest BCUT2D eigenvalue weighted by atomic mass is 32.2. The molecule has 0 saturated carbocycles. The van der Waals surface area contributed by atoms with E-state index in [2.05, 4.69) is 12.1 Å². The number of nitrogens with zero attached hydrogens (tertiary/aromatic N) is 2. The summed E-state index contributed by atoms with van der Waals surface area (Å²) in [5, 5.41) is 0. The van der Waals surface area contributed by atoms with Gasteiger partial charge in [0.05, 0.1) is 5.92 Å². The molecule has 4 nitrogen and oxygen atoms in total. The predicted octanol–water partition coefficient (Wildman–Crippen LogP) is 1.96. The van der Waals surface area contributed by atoms with Crippen molar-refractivity contribution in [1.29, 1.82) is 0 Å². The second kappa shape index (κ2) is 6.10. The summed E-state index contributed by atoms with van der Waals surface area (Å²) in [6.45, 7) is 4.42. The van der Waals surface area contributed by atoms with Crippen LogP contribution in [0.5, 0.6) is 0 Å². The minimum atomic E-state index is -0.0184. The van der Waals surface area contributed by atoms with Crippen molar-refractivity contribution in [2.75, 3.05) is 31.9 Å². The highest BCUT2D eigenvalue weighted by molar-refractivity contribution is 7.99. The summed E-state index contributed by atoms with van der Waals surface area (Å²) in [6.07, 6.45) is 0.868. The molecule has 21 heavy (non-hydrogen) atoms. The van der Waals surface area contributed by atoms with Crippen LogP contribution in [0.25, 0.3) is 0 Å². The number of amides is 2. The summed E-state index contributed by atoms with van der Waals surface area (Å²) in [5.41, 5.74) is 1.17. The van der Waals surface area contributed by atoms with E-state index in [1.165, 1.54) is 10.5 Å². The van der Waals surface area contributed by atoms with E-state index >= 15 is 0 Å². The maximum absolute atomic E-state index is 12.8. The fraction of sp³-hybridized carbons (Fsp3) is 0.500. The number of hydrogen-bond donors (Lipinski definition) is 0. The molecule has 0 aliphatic carbocycles. The molecule has 1 fully saturated rings. The van der Waals surface area contributed by atoms with Gasteiger partial charge in [-0.15, -0.1) is 11.8 Å². The third kappa shape index (κ3) is 2.93. The van der Waals surface area contributed by atoms with E-state index in [4.69, 9.17) is 0 Å². The van der Waals surface area contributed by atoms with E-state index in [0.29, 0.717) is 13.1 Å². The molecule has 2 aliphatic heterocycles. The molecule has 0 bridgehead atoms. The summed E-state index contributed by atoms with van der Waals surface area (Å²) in [7, 11) is 0. The zero-order chi connectivity index (χ0) is 14.8. The quantitative estimate of drug-likeness (QED) is 0.796. The van der Waals surface area contributed by atoms with Gasteiger partial charge in [-0.2, -0.15) is 0 Å². The third-order valence-corrected chi connectivity index (χ3v) is 5.43. The first-order valence-corrected chi connectivity index (χ1v) is 8.41. The van der Waals surface area contributed by atoms with Gasteiger partial charge in [-0.05, 0) is 18.1 Å². The Balaban J connectivity index is 1.70. The van der Waals surface area contributed by atoms with E-state index in [1.54, 1.807) is 18.7 Å². The van der Waals surface area contributed by atoms with Gasteiger partial charge in [0, 0.05) is 43.8 Å². The normalized spacial score (nSPS) is 21.9. The SMILES string of the molecule is CC(=O)N1CCCN(C(=O)[C@H]2CSc3ccccc32)CC1. The van der Waals surface area contributed by atoms with Crippen molar-refractivity contribution in [2.45, 2.75) is 24.2 Å². The number of fused-ring (bicyclic) bond motifs is 1. The third-order valence-electron chi connectivity index (χ3n) is 4.25. The molecule has 1 atom stereocenters. The Morgan fingerprint density at radius 3 is 2.62 bits per heavy atom. The van der Waals surface area contributed by atoms with Gasteiger partial charge in [0.15, 0.2) is 0 Å². The summed E-state index contributed by atoms with van der Waals surface area (Å²) in [4.78, 5) is 29.3. The van der Waals surface area contributed by atoms with Crippen LogP contribution in [0, 0.1) is 0 Å². The maximum Gasteiger partial charge on any atom is 0.231 e. The van der Waals surface area contributed by atoms with Gasteiger partial charge in [-0.25, -0.2) is 0 Å². The van der Waals surface area contributed by atoms with E-state index in [9.17, 15) is 9.59 Å². The molecular weight excluding hydrogens is 284 g/mol. The number of benzene rings is 1. The van der Waals surface area contributed by atoms with Crippen LogP contribution in [-0.4, -0.2) is 53.5 Å². The Bertz CT molecular complexity index is 561. The van der Waals surface area contributed by atoms with Crippen LogP contribution in [0.4, 0.5) is 0 Å². The first-order valence-electron chi connectivity index (χ1n) is 7.43. The monoisotopic (exact) mass is 304 g/mol. The zero-order valence-corrected chi connectivity index (χ0v) is 13.1. The topological polar surface area (TPSA) is 40.6 Å². The maximum atomic E-state index is 12.8. The average molecular weight is 304 g/mol. The van der Waals surface area contributed by atoms with Crippen molar-refractivity contribution >= 4 is 23.6 Å². The molecule has 3 rings (SSSR count). The van der Waals surface area contributed by atoms with Crippen molar-refractivity contribution in [1.82, 2.24) is 9.80 Å². The molecule has 2 amide bonds. The van der Waals surface area contributed by atoms with Crippen LogP contribution in [0.2, 0.25) is 0 Å². The summed E-state index contributed by atoms with van der Waals surface area (Å²) in [6, 6.07) is 8.19. The van der Waals surface area contributed by atoms with Gasteiger partial charge in [0.25, 0.3) is 0 Å². The van der Waals surface area contributed by atoms with Crippen LogP contribution >= 0.6 is 11.8 Å². The van der Waals surface area contributed by atoms with E-state index in [-0.39, 0.29) is 17.7 Å². The minimum absolute atomic E-state index is 0.0184. The molecule has 5 heteroatoms. The number of rotatable bonds is 1. The Labute approximate surface area is 129 Å². The molecule has 0 spiro atoms. The first kappa shape index (κ1) is 14.4. The second-order valence-corrected chi connectivity index (χ2v) is 6.65. The molecule has 112 valence electrons. The van der Waals surface area contributed by atoms with Crippen molar-refractivity contribution in [3.8, 4) is 0 Å². The summed E-state index contributed by atoms with van der Waals surface area (Å²) < 4.78 is 0. The Morgan fingerprint density at radius 2 is 1.81 bits per heavy atom. The molecule has 0 N–H and O–H groups in total. The zero-order valence-electron chi connectivity index (χ0n) is 12.2. The fourth-order valence-corrected chi connectivity index (χ4v) is 4.26. The number of thioether (sulfide) groups is 1. The lowest BCUT2D eigenvalue weighted by Gasteiger charge is -2.24. The standard InChI is InChI=1S/C16H20N2O2S/c1-12(19)17-7-4-8-18(10-9-17)16(20)14-11-21-15-6-3-2-5-13(14)15/h2-3,5-6,14H,4,7-11H2,1H3/t14-/m0/s1. The highest BCUT2D eigenvalue weighted by Gasteiger charge is 2.32. The number of hydrogen-bond acceptors (Lipinski definition) is 3. The second-order valence-electron chi connectivity index (χ2n) is 5.59. The number of carbonyl (C=O) groups is 2.